The van der Waals surface area contributed by atoms with Crippen LogP contribution in [0.4, 0.5) is 5.69 Å². The molecule has 0 spiro atoms. The number of nitrogens with one attached hydrogen (secondary N) is 1. The smallest absolute Gasteiger partial charge is 0.307 e. The van der Waals surface area contributed by atoms with Crippen molar-refractivity contribution in [3.05, 3.63) is 83.0 Å². The van der Waals surface area contributed by atoms with Crippen molar-refractivity contribution < 1.29 is 33.4 Å². The summed E-state index contributed by atoms with van der Waals surface area (Å²) in [5, 5.41) is 16.4. The van der Waals surface area contributed by atoms with E-state index in [4.69, 9.17) is 35.4 Å². The number of carboxylic acid groups (broad SMARTS) is 1. The second kappa shape index (κ2) is 12.8. The van der Waals surface area contributed by atoms with Gasteiger partial charge in [0, 0.05) is 23.2 Å². The van der Waals surface area contributed by atoms with Crippen LogP contribution in [0.3, 0.4) is 0 Å². The Balaban J connectivity index is 0.000000247. The van der Waals surface area contributed by atoms with E-state index in [1.807, 2.05) is 54.6 Å². The lowest BCUT2D eigenvalue weighted by Crippen LogP contribution is -2.16. The number of carboxylic acids is 1. The summed E-state index contributed by atoms with van der Waals surface area (Å²) in [4.78, 5) is 20.9. The van der Waals surface area contributed by atoms with Crippen molar-refractivity contribution in [1.29, 1.82) is 0 Å². The Morgan fingerprint density at radius 3 is 2.38 bits per heavy atom. The zero-order valence-corrected chi connectivity index (χ0v) is 22.1. The normalized spacial score (nSPS) is 12.5. The lowest BCUT2D eigenvalue weighted by Gasteiger charge is -2.23. The minimum Gasteiger partial charge on any atom is -0.485 e. The Morgan fingerprint density at radius 2 is 1.74 bits per heavy atom. The number of aliphatic carboxylic acids is 1. The number of hydrogen-bond donors (Lipinski definition) is 2. The maximum atomic E-state index is 10.9. The molecule has 0 aliphatic carbocycles. The Bertz CT molecular complexity index is 1440. The lowest BCUT2D eigenvalue weighted by atomic mass is 9.98. The zero-order chi connectivity index (χ0) is 27.8. The molecule has 9 nitrogen and oxygen atoms in total. The first-order chi connectivity index (χ1) is 18.9. The van der Waals surface area contributed by atoms with Crippen molar-refractivity contribution in [2.75, 3.05) is 25.6 Å². The molecule has 0 bridgehead atoms. The molecule has 202 valence electrons. The highest BCUT2D eigenvalue weighted by atomic mass is 35.5. The lowest BCUT2D eigenvalue weighted by molar-refractivity contribution is -0.136. The van der Waals surface area contributed by atoms with Gasteiger partial charge in [-0.15, -0.1) is 0 Å². The van der Waals surface area contributed by atoms with Gasteiger partial charge in [-0.1, -0.05) is 59.2 Å². The second-order valence-corrected chi connectivity index (χ2v) is 8.91. The topological polar surface area (TPSA) is 120 Å². The Morgan fingerprint density at radius 1 is 1.08 bits per heavy atom. The van der Waals surface area contributed by atoms with Crippen LogP contribution in [0.15, 0.2) is 71.4 Å². The third-order valence-corrected chi connectivity index (χ3v) is 6.34. The van der Waals surface area contributed by atoms with Gasteiger partial charge in [0.2, 0.25) is 0 Å². The van der Waals surface area contributed by atoms with E-state index in [2.05, 4.69) is 10.5 Å². The molecule has 1 unspecified atom stereocenters. The highest BCUT2D eigenvalue weighted by Crippen LogP contribution is 2.47. The fourth-order valence-corrected chi connectivity index (χ4v) is 4.38. The standard InChI is InChI=1S/C20H18N2O5.C9H9ClO2/c1-21-16-11-22-27-18(16)15-7-6-14(19-20(15)26-9-8-25-19)13-4-2-12(3-5-13)10-17(23)24;1-7(12-6-11)8-4-2-3-5-9(8)10/h2-7,11,21H,8-10H2,1H3,(H,23,24);2-7H,1H3. The van der Waals surface area contributed by atoms with Crippen LogP contribution in [0.25, 0.3) is 22.5 Å². The highest BCUT2D eigenvalue weighted by Gasteiger charge is 2.25. The van der Waals surface area contributed by atoms with Gasteiger partial charge in [-0.2, -0.15) is 0 Å². The first-order valence-corrected chi connectivity index (χ1v) is 12.5. The van der Waals surface area contributed by atoms with Crippen LogP contribution in [0.5, 0.6) is 11.5 Å². The van der Waals surface area contributed by atoms with E-state index in [1.54, 1.807) is 26.2 Å². The number of benzene rings is 3. The van der Waals surface area contributed by atoms with Crippen LogP contribution in [-0.2, 0) is 20.7 Å². The van der Waals surface area contributed by atoms with E-state index in [9.17, 15) is 9.59 Å². The minimum atomic E-state index is -0.853. The van der Waals surface area contributed by atoms with E-state index in [0.29, 0.717) is 42.0 Å². The van der Waals surface area contributed by atoms with Crippen LogP contribution in [-0.4, -0.2) is 43.0 Å². The summed E-state index contributed by atoms with van der Waals surface area (Å²) < 4.78 is 22.0. The molecular formula is C29H27ClN2O7. The van der Waals surface area contributed by atoms with Crippen LogP contribution < -0.4 is 14.8 Å². The van der Waals surface area contributed by atoms with Crippen molar-refractivity contribution in [1.82, 2.24) is 5.16 Å². The quantitative estimate of drug-likeness (QED) is 0.253. The van der Waals surface area contributed by atoms with Crippen LogP contribution in [0, 0.1) is 0 Å². The Labute approximate surface area is 230 Å². The monoisotopic (exact) mass is 550 g/mol. The molecule has 0 radical (unpaired) electrons. The van der Waals surface area contributed by atoms with Crippen LogP contribution in [0.1, 0.15) is 24.2 Å². The van der Waals surface area contributed by atoms with Gasteiger partial charge in [-0.3, -0.25) is 9.59 Å². The number of anilines is 1. The summed E-state index contributed by atoms with van der Waals surface area (Å²) in [6, 6.07) is 18.5. The molecule has 1 aliphatic heterocycles. The number of ether oxygens (including phenoxy) is 3. The van der Waals surface area contributed by atoms with E-state index >= 15 is 0 Å². The molecule has 0 saturated carbocycles. The SMILES string of the molecule is CC(OC=O)c1ccccc1Cl.CNc1cnoc1-c1ccc(-c2ccc(CC(=O)O)cc2)c2c1OCCO2. The molecule has 10 heteroatoms. The Kier molecular flexibility index (Phi) is 9.06. The van der Waals surface area contributed by atoms with E-state index in [0.717, 1.165) is 33.5 Å². The summed E-state index contributed by atoms with van der Waals surface area (Å²) in [5.41, 5.74) is 4.89. The van der Waals surface area contributed by atoms with Gasteiger partial charge in [0.1, 0.15) is 25.0 Å². The summed E-state index contributed by atoms with van der Waals surface area (Å²) in [5.74, 6) is 0.987. The number of nitrogens with zero attached hydrogens (tertiary/aromatic N) is 1. The van der Waals surface area contributed by atoms with E-state index in [-0.39, 0.29) is 12.5 Å². The molecule has 0 saturated heterocycles. The highest BCUT2D eigenvalue weighted by molar-refractivity contribution is 6.31. The number of fused-ring (bicyclic) bond motifs is 1. The van der Waals surface area contributed by atoms with Crippen LogP contribution in [0.2, 0.25) is 5.02 Å². The molecule has 2 N–H and O–H groups in total. The number of halogens is 1. The number of carbonyl (C=O) groups excluding carboxylic acids is 1. The largest absolute Gasteiger partial charge is 0.485 e. The predicted molar refractivity (Wildman–Crippen MR) is 146 cm³/mol. The average molecular weight is 551 g/mol. The van der Waals surface area contributed by atoms with Gasteiger partial charge >= 0.3 is 5.97 Å². The van der Waals surface area contributed by atoms with Crippen molar-refractivity contribution in [2.24, 2.45) is 0 Å². The molecule has 0 amide bonds. The molecule has 4 aromatic rings. The van der Waals surface area contributed by atoms with Gasteiger partial charge in [0.05, 0.1) is 18.2 Å². The summed E-state index contributed by atoms with van der Waals surface area (Å²) >= 11 is 5.86. The number of carbonyl (C=O) groups is 2. The molecule has 39 heavy (non-hydrogen) atoms. The molecule has 1 aliphatic rings. The Hall–Kier alpha value is -4.50. The van der Waals surface area contributed by atoms with Crippen LogP contribution >= 0.6 is 11.6 Å². The summed E-state index contributed by atoms with van der Waals surface area (Å²) in [7, 11) is 1.80. The van der Waals surface area contributed by atoms with Crippen molar-refractivity contribution in [3.8, 4) is 33.9 Å². The molecule has 1 atom stereocenters. The van der Waals surface area contributed by atoms with Gasteiger partial charge < -0.3 is 29.2 Å². The van der Waals surface area contributed by atoms with Gasteiger partial charge in [-0.25, -0.2) is 0 Å². The molecule has 5 rings (SSSR count). The average Bonchev–Trinajstić information content (AvgIpc) is 3.42. The van der Waals surface area contributed by atoms with Gasteiger partial charge in [0.15, 0.2) is 17.3 Å². The minimum absolute atomic E-state index is 0.00474. The molecule has 0 fully saturated rings. The fourth-order valence-electron chi connectivity index (χ4n) is 4.09. The molecule has 1 aromatic heterocycles. The first-order valence-electron chi connectivity index (χ1n) is 12.1. The van der Waals surface area contributed by atoms with Crippen molar-refractivity contribution in [3.63, 3.8) is 0 Å². The van der Waals surface area contributed by atoms with Gasteiger partial charge in [-0.05, 0) is 36.2 Å². The fraction of sp³-hybridized carbons (Fsp3) is 0.207. The first kappa shape index (κ1) is 27.5. The number of aromatic nitrogens is 1. The molecule has 2 heterocycles. The third kappa shape index (κ3) is 6.50. The van der Waals surface area contributed by atoms with E-state index < -0.39 is 5.97 Å². The zero-order valence-electron chi connectivity index (χ0n) is 21.3. The molecule has 3 aromatic carbocycles. The third-order valence-electron chi connectivity index (χ3n) is 6.00. The molecular weight excluding hydrogens is 524 g/mol. The van der Waals surface area contributed by atoms with Crippen molar-refractivity contribution >= 4 is 29.7 Å². The summed E-state index contributed by atoms with van der Waals surface area (Å²) in [6.07, 6.45) is 1.33. The predicted octanol–water partition coefficient (Wildman–Crippen LogP) is 6.02. The maximum absolute atomic E-state index is 10.9. The number of hydrogen-bond acceptors (Lipinski definition) is 8. The van der Waals surface area contributed by atoms with E-state index in [1.165, 1.54) is 0 Å². The second-order valence-electron chi connectivity index (χ2n) is 8.50. The number of rotatable bonds is 8. The van der Waals surface area contributed by atoms with Gasteiger partial charge in [0.25, 0.3) is 6.47 Å². The maximum Gasteiger partial charge on any atom is 0.307 e. The summed E-state index contributed by atoms with van der Waals surface area (Å²) in [6.45, 7) is 3.10. The van der Waals surface area contributed by atoms with Crippen molar-refractivity contribution in [2.45, 2.75) is 19.4 Å².